The van der Waals surface area contributed by atoms with E-state index in [2.05, 4.69) is 39.9 Å². The number of nitrogens with zero attached hydrogens (tertiary/aromatic N) is 1. The van der Waals surface area contributed by atoms with Crippen molar-refractivity contribution >= 4 is 5.96 Å². The highest BCUT2D eigenvalue weighted by molar-refractivity contribution is 5.79. The number of nitrogens with one attached hydrogen (secondary N) is 2. The van der Waals surface area contributed by atoms with Crippen LogP contribution in [0.5, 0.6) is 5.75 Å². The second kappa shape index (κ2) is 12.9. The lowest BCUT2D eigenvalue weighted by atomic mass is 10.1. The van der Waals surface area contributed by atoms with Crippen LogP contribution < -0.4 is 15.4 Å². The number of para-hydroxylation sites is 1. The topological polar surface area (TPSA) is 64.1 Å². The van der Waals surface area contributed by atoms with E-state index >= 15 is 0 Å². The van der Waals surface area contributed by atoms with Gasteiger partial charge in [-0.25, -0.2) is 0 Å². The SMILES string of the molecule is CN=C(NCCCOc1ccccc1)NCc1ccc(COC2CCOCC2)cc1. The van der Waals surface area contributed by atoms with Crippen molar-refractivity contribution < 1.29 is 14.2 Å². The number of aliphatic imine (C=N–C) groups is 1. The van der Waals surface area contributed by atoms with E-state index in [1.165, 1.54) is 11.1 Å². The number of ether oxygens (including phenoxy) is 3. The first-order valence-electron chi connectivity index (χ1n) is 10.7. The molecule has 162 valence electrons. The summed E-state index contributed by atoms with van der Waals surface area (Å²) in [6, 6.07) is 18.4. The van der Waals surface area contributed by atoms with Crippen LogP contribution in [0.25, 0.3) is 0 Å². The predicted octanol–water partition coefficient (Wildman–Crippen LogP) is 3.52. The summed E-state index contributed by atoms with van der Waals surface area (Å²) < 4.78 is 17.1. The number of benzene rings is 2. The van der Waals surface area contributed by atoms with Crippen LogP contribution in [0.1, 0.15) is 30.4 Å². The molecule has 0 atom stereocenters. The lowest BCUT2D eigenvalue weighted by Gasteiger charge is -2.22. The van der Waals surface area contributed by atoms with E-state index in [9.17, 15) is 0 Å². The van der Waals surface area contributed by atoms with Crippen LogP contribution in [-0.2, 0) is 22.6 Å². The fraction of sp³-hybridized carbons (Fsp3) is 0.458. The molecule has 6 heteroatoms. The summed E-state index contributed by atoms with van der Waals surface area (Å²) in [5, 5.41) is 6.67. The predicted molar refractivity (Wildman–Crippen MR) is 120 cm³/mol. The van der Waals surface area contributed by atoms with Crippen molar-refractivity contribution in [3.8, 4) is 5.75 Å². The summed E-state index contributed by atoms with van der Waals surface area (Å²) in [5.74, 6) is 1.70. The van der Waals surface area contributed by atoms with Crippen molar-refractivity contribution in [2.24, 2.45) is 4.99 Å². The fourth-order valence-corrected chi connectivity index (χ4v) is 3.20. The maximum atomic E-state index is 5.98. The van der Waals surface area contributed by atoms with Gasteiger partial charge in [-0.15, -0.1) is 0 Å². The molecular formula is C24H33N3O3. The van der Waals surface area contributed by atoms with E-state index in [0.29, 0.717) is 19.3 Å². The van der Waals surface area contributed by atoms with Gasteiger partial charge in [0.25, 0.3) is 0 Å². The molecule has 2 aromatic rings. The van der Waals surface area contributed by atoms with Crippen LogP contribution >= 0.6 is 0 Å². The Balaban J connectivity index is 1.30. The van der Waals surface area contributed by atoms with Crippen LogP contribution in [0, 0.1) is 0 Å². The van der Waals surface area contributed by atoms with E-state index in [1.807, 2.05) is 30.3 Å². The third-order valence-corrected chi connectivity index (χ3v) is 4.99. The van der Waals surface area contributed by atoms with Gasteiger partial charge in [0.2, 0.25) is 0 Å². The quantitative estimate of drug-likeness (QED) is 0.356. The summed E-state index contributed by atoms with van der Waals surface area (Å²) in [6.45, 7) is 4.48. The molecule has 0 saturated carbocycles. The molecule has 0 unspecified atom stereocenters. The largest absolute Gasteiger partial charge is 0.494 e. The molecule has 0 aliphatic carbocycles. The maximum absolute atomic E-state index is 5.98. The van der Waals surface area contributed by atoms with Gasteiger partial charge >= 0.3 is 0 Å². The Morgan fingerprint density at radius 2 is 1.73 bits per heavy atom. The Morgan fingerprint density at radius 3 is 2.47 bits per heavy atom. The Kier molecular flexibility index (Phi) is 9.50. The second-order valence-electron chi connectivity index (χ2n) is 7.31. The van der Waals surface area contributed by atoms with E-state index < -0.39 is 0 Å². The van der Waals surface area contributed by atoms with Gasteiger partial charge in [0.05, 0.1) is 19.3 Å². The number of rotatable bonds is 10. The van der Waals surface area contributed by atoms with Crippen molar-refractivity contribution in [2.75, 3.05) is 33.4 Å². The summed E-state index contributed by atoms with van der Waals surface area (Å²) in [6.07, 6.45) is 3.21. The molecule has 1 fully saturated rings. The van der Waals surface area contributed by atoms with Crippen LogP contribution in [0.3, 0.4) is 0 Å². The highest BCUT2D eigenvalue weighted by Gasteiger charge is 2.13. The molecule has 0 spiro atoms. The van der Waals surface area contributed by atoms with Crippen molar-refractivity contribution in [1.82, 2.24) is 10.6 Å². The minimum absolute atomic E-state index is 0.326. The minimum Gasteiger partial charge on any atom is -0.494 e. The van der Waals surface area contributed by atoms with Crippen molar-refractivity contribution in [3.63, 3.8) is 0 Å². The van der Waals surface area contributed by atoms with Gasteiger partial charge in [0, 0.05) is 33.4 Å². The highest BCUT2D eigenvalue weighted by Crippen LogP contribution is 2.14. The van der Waals surface area contributed by atoms with E-state index in [1.54, 1.807) is 7.05 Å². The standard InChI is InChI=1S/C24H33N3O3/c1-25-24(26-14-5-15-29-22-6-3-2-4-7-22)27-18-20-8-10-21(11-9-20)19-30-23-12-16-28-17-13-23/h2-4,6-11,23H,5,12-19H2,1H3,(H2,25,26,27). The van der Waals surface area contributed by atoms with E-state index in [0.717, 1.165) is 57.3 Å². The highest BCUT2D eigenvalue weighted by atomic mass is 16.5. The summed E-state index contributed by atoms with van der Waals surface area (Å²) in [5.41, 5.74) is 2.41. The fourth-order valence-electron chi connectivity index (χ4n) is 3.20. The maximum Gasteiger partial charge on any atom is 0.191 e. The van der Waals surface area contributed by atoms with Crippen molar-refractivity contribution in [3.05, 3.63) is 65.7 Å². The monoisotopic (exact) mass is 411 g/mol. The third-order valence-electron chi connectivity index (χ3n) is 4.99. The average Bonchev–Trinajstić information content (AvgIpc) is 2.81. The molecule has 3 rings (SSSR count). The van der Waals surface area contributed by atoms with Crippen molar-refractivity contribution in [1.29, 1.82) is 0 Å². The van der Waals surface area contributed by atoms with E-state index in [4.69, 9.17) is 14.2 Å². The molecular weight excluding hydrogens is 378 g/mol. The van der Waals surface area contributed by atoms with Gasteiger partial charge in [-0.3, -0.25) is 4.99 Å². The molecule has 0 amide bonds. The van der Waals surface area contributed by atoms with E-state index in [-0.39, 0.29) is 0 Å². The lowest BCUT2D eigenvalue weighted by Crippen LogP contribution is -2.37. The van der Waals surface area contributed by atoms with Crippen LogP contribution in [-0.4, -0.2) is 45.5 Å². The molecule has 0 aromatic heterocycles. The Hall–Kier alpha value is -2.57. The molecule has 2 aromatic carbocycles. The molecule has 1 saturated heterocycles. The van der Waals surface area contributed by atoms with Crippen LogP contribution in [0.15, 0.2) is 59.6 Å². The van der Waals surface area contributed by atoms with Gasteiger partial charge in [0.15, 0.2) is 5.96 Å². The number of hydrogen-bond acceptors (Lipinski definition) is 4. The first-order valence-corrected chi connectivity index (χ1v) is 10.7. The number of hydrogen-bond donors (Lipinski definition) is 2. The number of guanidine groups is 1. The zero-order valence-electron chi connectivity index (χ0n) is 17.8. The smallest absolute Gasteiger partial charge is 0.191 e. The van der Waals surface area contributed by atoms with Crippen molar-refractivity contribution in [2.45, 2.75) is 38.5 Å². The molecule has 2 N–H and O–H groups in total. The molecule has 1 aliphatic rings. The lowest BCUT2D eigenvalue weighted by molar-refractivity contribution is -0.0390. The van der Waals surface area contributed by atoms with Crippen LogP contribution in [0.2, 0.25) is 0 Å². The summed E-state index contributed by atoms with van der Waals surface area (Å²) >= 11 is 0. The minimum atomic E-state index is 0.326. The molecule has 30 heavy (non-hydrogen) atoms. The molecule has 6 nitrogen and oxygen atoms in total. The molecule has 1 aliphatic heterocycles. The Bertz CT molecular complexity index is 744. The third kappa shape index (κ3) is 8.05. The van der Waals surface area contributed by atoms with Crippen LogP contribution in [0.4, 0.5) is 0 Å². The second-order valence-corrected chi connectivity index (χ2v) is 7.31. The van der Waals surface area contributed by atoms with Gasteiger partial charge in [0.1, 0.15) is 5.75 Å². The van der Waals surface area contributed by atoms with Gasteiger partial charge in [-0.1, -0.05) is 42.5 Å². The first-order chi connectivity index (χ1) is 14.8. The van der Waals surface area contributed by atoms with Gasteiger partial charge in [-0.05, 0) is 42.5 Å². The zero-order valence-corrected chi connectivity index (χ0v) is 17.8. The Morgan fingerprint density at radius 1 is 1.00 bits per heavy atom. The first kappa shape index (κ1) is 22.1. The summed E-state index contributed by atoms with van der Waals surface area (Å²) in [7, 11) is 1.78. The zero-order chi connectivity index (χ0) is 20.9. The molecule has 0 radical (unpaired) electrons. The molecule has 0 bridgehead atoms. The van der Waals surface area contributed by atoms with Gasteiger partial charge in [-0.2, -0.15) is 0 Å². The summed E-state index contributed by atoms with van der Waals surface area (Å²) in [4.78, 5) is 4.28. The average molecular weight is 412 g/mol. The van der Waals surface area contributed by atoms with Gasteiger partial charge < -0.3 is 24.8 Å². The molecule has 1 heterocycles. The Labute approximate surface area is 179 Å². The normalized spacial score (nSPS) is 15.0.